The van der Waals surface area contributed by atoms with E-state index in [2.05, 4.69) is 4.98 Å². The lowest BCUT2D eigenvalue weighted by atomic mass is 10.0. The lowest BCUT2D eigenvalue weighted by molar-refractivity contribution is -0.176. The Labute approximate surface area is 126 Å². The lowest BCUT2D eigenvalue weighted by Crippen LogP contribution is -2.39. The molecule has 22 heavy (non-hydrogen) atoms. The zero-order chi connectivity index (χ0) is 16.3. The van der Waals surface area contributed by atoms with Gasteiger partial charge in [0.1, 0.15) is 0 Å². The minimum Gasteiger partial charge on any atom is -0.326 e. The highest BCUT2D eigenvalue weighted by atomic mass is 19.4. The van der Waals surface area contributed by atoms with Gasteiger partial charge >= 0.3 is 6.18 Å². The summed E-state index contributed by atoms with van der Waals surface area (Å²) < 4.78 is 40.2. The van der Waals surface area contributed by atoms with E-state index >= 15 is 0 Å². The monoisotopic (exact) mass is 308 g/mol. The zero-order valence-corrected chi connectivity index (χ0v) is 12.1. The minimum atomic E-state index is -4.57. The van der Waals surface area contributed by atoms with Gasteiger partial charge in [0.2, 0.25) is 0 Å². The Kier molecular flexibility index (Phi) is 4.49. The van der Waals surface area contributed by atoms with Crippen molar-refractivity contribution in [1.82, 2.24) is 9.88 Å². The molecule has 0 aliphatic rings. The van der Waals surface area contributed by atoms with Gasteiger partial charge in [0.25, 0.3) is 5.91 Å². The van der Waals surface area contributed by atoms with E-state index in [1.807, 2.05) is 0 Å². The molecule has 1 amide bonds. The molecule has 0 fully saturated rings. The maximum atomic E-state index is 13.4. The number of nitrogens with zero attached hydrogens (tertiary/aromatic N) is 2. The smallest absolute Gasteiger partial charge is 0.326 e. The summed E-state index contributed by atoms with van der Waals surface area (Å²) in [6, 6.07) is 8.43. The van der Waals surface area contributed by atoms with Gasteiger partial charge in [0.05, 0.1) is 5.56 Å². The molecule has 0 bridgehead atoms. The molecule has 0 saturated heterocycles. The number of aromatic nitrogens is 1. The standard InChI is InChI=1S/C16H15F3N2O/c1-11-8-9-13(10-20-11)15(22)21(2)14(16(17,18)19)12-6-4-3-5-7-12/h3-10,14H,1-2H3. The SMILES string of the molecule is Cc1ccc(C(=O)N(C)C(c2ccccc2)C(F)(F)F)cn1. The predicted molar refractivity (Wildman–Crippen MR) is 76.3 cm³/mol. The molecule has 0 N–H and O–H groups in total. The van der Waals surface area contributed by atoms with Crippen LogP contribution in [0.1, 0.15) is 27.7 Å². The number of benzene rings is 1. The molecular formula is C16H15F3N2O. The summed E-state index contributed by atoms with van der Waals surface area (Å²) in [6.45, 7) is 1.74. The number of hydrogen-bond donors (Lipinski definition) is 0. The molecule has 0 saturated carbocycles. The van der Waals surface area contributed by atoms with Gasteiger partial charge in [-0.05, 0) is 24.6 Å². The molecule has 1 unspecified atom stereocenters. The van der Waals surface area contributed by atoms with E-state index in [1.54, 1.807) is 19.1 Å². The molecule has 0 aliphatic carbocycles. The number of carbonyl (C=O) groups is 1. The van der Waals surface area contributed by atoms with Gasteiger partial charge in [-0.25, -0.2) is 0 Å². The van der Waals surface area contributed by atoms with Crippen LogP contribution in [0, 0.1) is 6.92 Å². The fraction of sp³-hybridized carbons (Fsp3) is 0.250. The largest absolute Gasteiger partial charge is 0.413 e. The predicted octanol–water partition coefficient (Wildman–Crippen LogP) is 3.77. The normalized spacial score (nSPS) is 12.8. The van der Waals surface area contributed by atoms with Crippen LogP contribution in [0.5, 0.6) is 0 Å². The Balaban J connectivity index is 2.36. The Morgan fingerprint density at radius 1 is 1.14 bits per heavy atom. The Bertz CT molecular complexity index is 639. The zero-order valence-electron chi connectivity index (χ0n) is 12.1. The molecule has 1 heterocycles. The van der Waals surface area contributed by atoms with Crippen LogP contribution < -0.4 is 0 Å². The van der Waals surface area contributed by atoms with Gasteiger partial charge in [-0.3, -0.25) is 9.78 Å². The number of rotatable bonds is 3. The van der Waals surface area contributed by atoms with Crippen molar-refractivity contribution in [3.63, 3.8) is 0 Å². The third-order valence-corrected chi connectivity index (χ3v) is 3.29. The van der Waals surface area contributed by atoms with Gasteiger partial charge in [-0.15, -0.1) is 0 Å². The second-order valence-corrected chi connectivity index (χ2v) is 4.96. The maximum absolute atomic E-state index is 13.4. The maximum Gasteiger partial charge on any atom is 0.413 e. The van der Waals surface area contributed by atoms with Gasteiger partial charge < -0.3 is 4.90 Å². The quantitative estimate of drug-likeness (QED) is 0.865. The van der Waals surface area contributed by atoms with E-state index < -0.39 is 18.1 Å². The summed E-state index contributed by atoms with van der Waals surface area (Å²) >= 11 is 0. The molecule has 6 heteroatoms. The number of hydrogen-bond acceptors (Lipinski definition) is 2. The summed E-state index contributed by atoms with van der Waals surface area (Å²) in [5.74, 6) is -0.723. The molecule has 2 rings (SSSR count). The van der Waals surface area contributed by atoms with E-state index in [4.69, 9.17) is 0 Å². The molecule has 116 valence electrons. The molecule has 0 spiro atoms. The van der Waals surface area contributed by atoms with Crippen molar-refractivity contribution in [3.8, 4) is 0 Å². The topological polar surface area (TPSA) is 33.2 Å². The van der Waals surface area contributed by atoms with Gasteiger partial charge in [-0.2, -0.15) is 13.2 Å². The third-order valence-electron chi connectivity index (χ3n) is 3.29. The third kappa shape index (κ3) is 3.44. The number of aryl methyl sites for hydroxylation is 1. The van der Waals surface area contributed by atoms with Crippen LogP contribution in [0.3, 0.4) is 0 Å². The minimum absolute atomic E-state index is 0.0194. The van der Waals surface area contributed by atoms with Crippen molar-refractivity contribution in [1.29, 1.82) is 0 Å². The molecule has 2 aromatic rings. The first-order chi connectivity index (χ1) is 10.3. The van der Waals surface area contributed by atoms with E-state index in [-0.39, 0.29) is 11.1 Å². The van der Waals surface area contributed by atoms with Crippen LogP contribution in [-0.2, 0) is 0 Å². The van der Waals surface area contributed by atoms with Gasteiger partial charge in [0.15, 0.2) is 6.04 Å². The molecule has 1 aromatic heterocycles. The van der Waals surface area contributed by atoms with E-state index in [9.17, 15) is 18.0 Å². The summed E-state index contributed by atoms with van der Waals surface area (Å²) in [7, 11) is 1.15. The van der Waals surface area contributed by atoms with Gasteiger partial charge in [-0.1, -0.05) is 30.3 Å². The van der Waals surface area contributed by atoms with Crippen LogP contribution >= 0.6 is 0 Å². The Morgan fingerprint density at radius 2 is 1.77 bits per heavy atom. The van der Waals surface area contributed by atoms with Gasteiger partial charge in [0, 0.05) is 18.9 Å². The Morgan fingerprint density at radius 3 is 2.27 bits per heavy atom. The molecule has 0 radical (unpaired) electrons. The van der Waals surface area contributed by atoms with E-state index in [0.29, 0.717) is 10.6 Å². The van der Waals surface area contributed by atoms with Crippen molar-refractivity contribution in [2.45, 2.75) is 19.1 Å². The second-order valence-electron chi connectivity index (χ2n) is 4.96. The van der Waals surface area contributed by atoms with E-state index in [1.165, 1.54) is 36.5 Å². The highest BCUT2D eigenvalue weighted by molar-refractivity contribution is 5.94. The van der Waals surface area contributed by atoms with E-state index in [0.717, 1.165) is 7.05 Å². The van der Waals surface area contributed by atoms with Crippen molar-refractivity contribution >= 4 is 5.91 Å². The highest BCUT2D eigenvalue weighted by Crippen LogP contribution is 2.37. The molecule has 0 aliphatic heterocycles. The first-order valence-corrected chi connectivity index (χ1v) is 6.62. The average Bonchev–Trinajstić information content (AvgIpc) is 2.47. The molecule has 1 atom stereocenters. The summed E-state index contributed by atoms with van der Waals surface area (Å²) in [5.41, 5.74) is 0.832. The van der Waals surface area contributed by atoms with Crippen LogP contribution in [-0.4, -0.2) is 29.0 Å². The summed E-state index contributed by atoms with van der Waals surface area (Å²) in [5, 5.41) is 0. The average molecular weight is 308 g/mol. The summed E-state index contributed by atoms with van der Waals surface area (Å²) in [4.78, 5) is 16.9. The highest BCUT2D eigenvalue weighted by Gasteiger charge is 2.45. The van der Waals surface area contributed by atoms with Crippen LogP contribution in [0.2, 0.25) is 0 Å². The first kappa shape index (κ1) is 16.0. The van der Waals surface area contributed by atoms with Crippen LogP contribution in [0.4, 0.5) is 13.2 Å². The van der Waals surface area contributed by atoms with Crippen LogP contribution in [0.15, 0.2) is 48.7 Å². The second kappa shape index (κ2) is 6.17. The number of carbonyl (C=O) groups excluding carboxylic acids is 1. The Hall–Kier alpha value is -2.37. The van der Waals surface area contributed by atoms with Crippen LogP contribution in [0.25, 0.3) is 0 Å². The van der Waals surface area contributed by atoms with Crippen molar-refractivity contribution in [3.05, 3.63) is 65.5 Å². The number of amides is 1. The fourth-order valence-corrected chi connectivity index (χ4v) is 2.18. The number of alkyl halides is 3. The van der Waals surface area contributed by atoms with Crippen molar-refractivity contribution in [2.24, 2.45) is 0 Å². The summed E-state index contributed by atoms with van der Waals surface area (Å²) in [6.07, 6.45) is -3.28. The molecular weight excluding hydrogens is 293 g/mol. The van der Waals surface area contributed by atoms with Crippen molar-refractivity contribution in [2.75, 3.05) is 7.05 Å². The van der Waals surface area contributed by atoms with Crippen molar-refractivity contribution < 1.29 is 18.0 Å². The fourth-order valence-electron chi connectivity index (χ4n) is 2.18. The lowest BCUT2D eigenvalue weighted by Gasteiger charge is -2.30. The molecule has 1 aromatic carbocycles. The number of pyridine rings is 1. The first-order valence-electron chi connectivity index (χ1n) is 6.62. The number of halogens is 3. The molecule has 3 nitrogen and oxygen atoms in total.